The van der Waals surface area contributed by atoms with E-state index in [0.717, 1.165) is 25.1 Å². The van der Waals surface area contributed by atoms with Crippen molar-refractivity contribution in [2.75, 3.05) is 44.2 Å². The predicted molar refractivity (Wildman–Crippen MR) is 95.9 cm³/mol. The Kier molecular flexibility index (Phi) is 7.20. The molecule has 24 heavy (non-hydrogen) atoms. The standard InChI is InChI=1S/C17H27N3O3S/c1-2-6-18-7-8-19-17(21)16-5-3-4-15(13-16)14-20-9-11-24(22,23)12-10-20/h3-5,13,18H,2,6-12,14H2,1H3,(H,19,21). The molecule has 0 unspecified atom stereocenters. The van der Waals surface area contributed by atoms with E-state index in [2.05, 4.69) is 22.5 Å². The summed E-state index contributed by atoms with van der Waals surface area (Å²) in [6.07, 6.45) is 1.08. The SMILES string of the molecule is CCCNCCNC(=O)c1cccc(CN2CCS(=O)(=O)CC2)c1. The van der Waals surface area contributed by atoms with E-state index in [0.29, 0.717) is 31.7 Å². The molecule has 0 saturated carbocycles. The normalized spacial score (nSPS) is 17.5. The van der Waals surface area contributed by atoms with Gasteiger partial charge in [-0.2, -0.15) is 0 Å². The summed E-state index contributed by atoms with van der Waals surface area (Å²) in [6.45, 7) is 6.22. The van der Waals surface area contributed by atoms with Crippen LogP contribution in [0.15, 0.2) is 24.3 Å². The van der Waals surface area contributed by atoms with Crippen LogP contribution in [0.3, 0.4) is 0 Å². The van der Waals surface area contributed by atoms with E-state index in [1.54, 1.807) is 6.07 Å². The third-order valence-corrected chi connectivity index (χ3v) is 5.66. The summed E-state index contributed by atoms with van der Waals surface area (Å²) in [5, 5.41) is 6.15. The second kappa shape index (κ2) is 9.15. The lowest BCUT2D eigenvalue weighted by molar-refractivity contribution is 0.0953. The van der Waals surface area contributed by atoms with Gasteiger partial charge in [-0.3, -0.25) is 9.69 Å². The molecule has 0 aromatic heterocycles. The lowest BCUT2D eigenvalue weighted by atomic mass is 10.1. The molecule has 1 heterocycles. The Bertz CT molecular complexity index is 632. The third kappa shape index (κ3) is 6.22. The molecular formula is C17H27N3O3S. The van der Waals surface area contributed by atoms with Crippen LogP contribution in [0.25, 0.3) is 0 Å². The van der Waals surface area contributed by atoms with Gasteiger partial charge in [-0.1, -0.05) is 19.1 Å². The van der Waals surface area contributed by atoms with Crippen LogP contribution < -0.4 is 10.6 Å². The molecule has 1 aromatic carbocycles. The molecule has 1 fully saturated rings. The Hall–Kier alpha value is -1.44. The zero-order chi connectivity index (χ0) is 17.4. The summed E-state index contributed by atoms with van der Waals surface area (Å²) in [5.74, 6) is 0.368. The Morgan fingerprint density at radius 3 is 2.62 bits per heavy atom. The molecule has 7 heteroatoms. The van der Waals surface area contributed by atoms with Gasteiger partial charge in [-0.15, -0.1) is 0 Å². The number of nitrogens with one attached hydrogen (secondary N) is 2. The molecule has 2 rings (SSSR count). The van der Waals surface area contributed by atoms with Crippen molar-refractivity contribution in [1.82, 2.24) is 15.5 Å². The van der Waals surface area contributed by atoms with Gasteiger partial charge in [0.05, 0.1) is 11.5 Å². The molecule has 0 aliphatic carbocycles. The first-order valence-corrected chi connectivity index (χ1v) is 10.3. The molecule has 6 nitrogen and oxygen atoms in total. The fraction of sp³-hybridized carbons (Fsp3) is 0.588. The Labute approximate surface area is 144 Å². The van der Waals surface area contributed by atoms with E-state index >= 15 is 0 Å². The Morgan fingerprint density at radius 2 is 1.92 bits per heavy atom. The quantitative estimate of drug-likeness (QED) is 0.671. The van der Waals surface area contributed by atoms with Crippen LogP contribution in [0.1, 0.15) is 29.3 Å². The highest BCUT2D eigenvalue weighted by molar-refractivity contribution is 7.91. The van der Waals surface area contributed by atoms with Crippen molar-refractivity contribution in [2.24, 2.45) is 0 Å². The maximum Gasteiger partial charge on any atom is 0.251 e. The predicted octanol–water partition coefficient (Wildman–Crippen LogP) is 0.646. The summed E-state index contributed by atoms with van der Waals surface area (Å²) in [5.41, 5.74) is 1.68. The largest absolute Gasteiger partial charge is 0.351 e. The van der Waals surface area contributed by atoms with Gasteiger partial charge in [0.2, 0.25) is 0 Å². The van der Waals surface area contributed by atoms with Crippen LogP contribution >= 0.6 is 0 Å². The number of hydrogen-bond acceptors (Lipinski definition) is 5. The van der Waals surface area contributed by atoms with Gasteiger partial charge in [0.15, 0.2) is 9.84 Å². The molecule has 1 saturated heterocycles. The average Bonchev–Trinajstić information content (AvgIpc) is 2.57. The van der Waals surface area contributed by atoms with Crippen LogP contribution in [0.2, 0.25) is 0 Å². The molecular weight excluding hydrogens is 326 g/mol. The van der Waals surface area contributed by atoms with Crippen LogP contribution in [0, 0.1) is 0 Å². The summed E-state index contributed by atoms with van der Waals surface area (Å²) in [7, 11) is -2.86. The Morgan fingerprint density at radius 1 is 1.17 bits per heavy atom. The molecule has 1 aliphatic rings. The number of rotatable bonds is 8. The number of benzene rings is 1. The van der Waals surface area contributed by atoms with Crippen molar-refractivity contribution >= 4 is 15.7 Å². The summed E-state index contributed by atoms with van der Waals surface area (Å²) < 4.78 is 22.9. The zero-order valence-electron chi connectivity index (χ0n) is 14.3. The van der Waals surface area contributed by atoms with Crippen LogP contribution in [0.4, 0.5) is 0 Å². The number of sulfone groups is 1. The van der Waals surface area contributed by atoms with Gasteiger partial charge in [-0.05, 0) is 30.7 Å². The fourth-order valence-corrected chi connectivity index (χ4v) is 3.92. The highest BCUT2D eigenvalue weighted by Crippen LogP contribution is 2.11. The first-order chi connectivity index (χ1) is 11.5. The monoisotopic (exact) mass is 353 g/mol. The molecule has 0 atom stereocenters. The van der Waals surface area contributed by atoms with Gasteiger partial charge < -0.3 is 10.6 Å². The van der Waals surface area contributed by atoms with Crippen LogP contribution in [-0.4, -0.2) is 63.5 Å². The van der Waals surface area contributed by atoms with Gasteiger partial charge in [0.25, 0.3) is 5.91 Å². The topological polar surface area (TPSA) is 78.5 Å². The molecule has 0 radical (unpaired) electrons. The van der Waals surface area contributed by atoms with E-state index in [-0.39, 0.29) is 17.4 Å². The van der Waals surface area contributed by atoms with E-state index in [9.17, 15) is 13.2 Å². The van der Waals surface area contributed by atoms with Crippen molar-refractivity contribution in [3.8, 4) is 0 Å². The number of carbonyl (C=O) groups is 1. The van der Waals surface area contributed by atoms with Crippen LogP contribution in [-0.2, 0) is 16.4 Å². The second-order valence-electron chi connectivity index (χ2n) is 6.13. The number of carbonyl (C=O) groups excluding carboxylic acids is 1. The molecule has 0 bridgehead atoms. The number of nitrogens with zero attached hydrogens (tertiary/aromatic N) is 1. The van der Waals surface area contributed by atoms with Crippen molar-refractivity contribution < 1.29 is 13.2 Å². The lowest BCUT2D eigenvalue weighted by Gasteiger charge is -2.26. The highest BCUT2D eigenvalue weighted by Gasteiger charge is 2.21. The van der Waals surface area contributed by atoms with Crippen LogP contribution in [0.5, 0.6) is 0 Å². The minimum atomic E-state index is -2.86. The fourth-order valence-electron chi connectivity index (χ4n) is 2.65. The van der Waals surface area contributed by atoms with E-state index in [1.165, 1.54) is 0 Å². The van der Waals surface area contributed by atoms with Gasteiger partial charge >= 0.3 is 0 Å². The average molecular weight is 353 g/mol. The summed E-state index contributed by atoms with van der Waals surface area (Å²) >= 11 is 0. The summed E-state index contributed by atoms with van der Waals surface area (Å²) in [4.78, 5) is 14.3. The molecule has 0 spiro atoms. The molecule has 1 amide bonds. The maximum absolute atomic E-state index is 12.2. The van der Waals surface area contributed by atoms with Gasteiger partial charge in [0, 0.05) is 38.3 Å². The lowest BCUT2D eigenvalue weighted by Crippen LogP contribution is -2.39. The first kappa shape index (κ1) is 18.9. The smallest absolute Gasteiger partial charge is 0.251 e. The van der Waals surface area contributed by atoms with Crippen molar-refractivity contribution in [3.05, 3.63) is 35.4 Å². The molecule has 1 aliphatic heterocycles. The molecule has 1 aromatic rings. The highest BCUT2D eigenvalue weighted by atomic mass is 32.2. The summed E-state index contributed by atoms with van der Waals surface area (Å²) in [6, 6.07) is 7.54. The minimum Gasteiger partial charge on any atom is -0.351 e. The van der Waals surface area contributed by atoms with Gasteiger partial charge in [-0.25, -0.2) is 8.42 Å². The van der Waals surface area contributed by atoms with E-state index < -0.39 is 9.84 Å². The van der Waals surface area contributed by atoms with Crippen molar-refractivity contribution in [1.29, 1.82) is 0 Å². The van der Waals surface area contributed by atoms with Gasteiger partial charge in [0.1, 0.15) is 0 Å². The third-order valence-electron chi connectivity index (χ3n) is 4.05. The van der Waals surface area contributed by atoms with Crippen molar-refractivity contribution in [3.63, 3.8) is 0 Å². The zero-order valence-corrected chi connectivity index (χ0v) is 15.1. The molecule has 2 N–H and O–H groups in total. The Balaban J connectivity index is 1.83. The van der Waals surface area contributed by atoms with E-state index in [4.69, 9.17) is 0 Å². The number of amides is 1. The number of hydrogen-bond donors (Lipinski definition) is 2. The maximum atomic E-state index is 12.2. The second-order valence-corrected chi connectivity index (χ2v) is 8.44. The molecule has 134 valence electrons. The first-order valence-electron chi connectivity index (χ1n) is 8.51. The minimum absolute atomic E-state index is 0.0728. The van der Waals surface area contributed by atoms with E-state index in [1.807, 2.05) is 18.2 Å². The van der Waals surface area contributed by atoms with Crippen molar-refractivity contribution in [2.45, 2.75) is 19.9 Å².